The van der Waals surface area contributed by atoms with Crippen molar-refractivity contribution in [2.24, 2.45) is 5.41 Å². The summed E-state index contributed by atoms with van der Waals surface area (Å²) in [5.74, 6) is 0.577. The fourth-order valence-corrected chi connectivity index (χ4v) is 4.89. The first kappa shape index (κ1) is 25.6. The number of ether oxygens (including phenoxy) is 3. The molecule has 1 saturated heterocycles. The number of hydrogen-bond donors (Lipinski definition) is 2. The van der Waals surface area contributed by atoms with Gasteiger partial charge in [0.15, 0.2) is 17.3 Å². The highest BCUT2D eigenvalue weighted by molar-refractivity contribution is 5.94. The molecule has 38 heavy (non-hydrogen) atoms. The number of benzene rings is 2. The topological polar surface area (TPSA) is 102 Å². The Balaban J connectivity index is 1.52. The molecule has 1 fully saturated rings. The predicted molar refractivity (Wildman–Crippen MR) is 142 cm³/mol. The van der Waals surface area contributed by atoms with Gasteiger partial charge in [0, 0.05) is 37.8 Å². The highest BCUT2D eigenvalue weighted by atomic mass is 19.1. The minimum absolute atomic E-state index is 0.0144. The van der Waals surface area contributed by atoms with Crippen molar-refractivity contribution in [1.82, 2.24) is 9.88 Å². The van der Waals surface area contributed by atoms with E-state index in [1.165, 1.54) is 6.20 Å². The second-order valence-corrected chi connectivity index (χ2v) is 10.0. The van der Waals surface area contributed by atoms with Crippen LogP contribution in [0.4, 0.5) is 14.9 Å². The van der Waals surface area contributed by atoms with E-state index in [1.807, 2.05) is 49.1 Å². The van der Waals surface area contributed by atoms with E-state index in [1.54, 1.807) is 10.8 Å². The van der Waals surface area contributed by atoms with Crippen LogP contribution in [-0.2, 0) is 0 Å². The number of aromatic nitrogens is 1. The van der Waals surface area contributed by atoms with Crippen LogP contribution in [0.1, 0.15) is 26.7 Å². The maximum absolute atomic E-state index is 15.6. The van der Waals surface area contributed by atoms with E-state index in [0.717, 1.165) is 18.2 Å². The number of carbonyl (C=O) groups is 1. The maximum Gasteiger partial charge on any atom is 0.511 e. The van der Waals surface area contributed by atoms with E-state index < -0.39 is 28.6 Å². The highest BCUT2D eigenvalue weighted by Gasteiger charge is 2.34. The Morgan fingerprint density at radius 3 is 2.66 bits per heavy atom. The van der Waals surface area contributed by atoms with Crippen LogP contribution in [0.3, 0.4) is 0 Å². The van der Waals surface area contributed by atoms with Crippen LogP contribution in [0, 0.1) is 11.2 Å². The summed E-state index contributed by atoms with van der Waals surface area (Å²) in [5, 5.41) is 12.4. The molecule has 2 aliphatic heterocycles. The van der Waals surface area contributed by atoms with Crippen LogP contribution in [-0.4, -0.2) is 48.6 Å². The smallest absolute Gasteiger partial charge is 0.494 e. The average molecular weight is 524 g/mol. The zero-order valence-electron chi connectivity index (χ0n) is 21.3. The Morgan fingerprint density at radius 1 is 1.21 bits per heavy atom. The highest BCUT2D eigenvalue weighted by Crippen LogP contribution is 2.45. The molecule has 0 atom stereocenters. The van der Waals surface area contributed by atoms with Crippen LogP contribution in [0.25, 0.3) is 17.1 Å². The molecular weight excluding hydrogens is 493 g/mol. The first-order valence-electron chi connectivity index (χ1n) is 12.6. The molecule has 0 spiro atoms. The zero-order chi connectivity index (χ0) is 26.9. The van der Waals surface area contributed by atoms with E-state index in [0.29, 0.717) is 50.5 Å². The standard InChI is InChI=1S/C28H30FN3O6/c1-28(2,9-6-14-36-18-7-4-3-5-8-18)22-17-32-16-21(37-27(34)35)25(33)19-15-20(29)24(26(38-22)23(19)32)31-12-10-30-11-13-31/h3-5,7-8,15-17,30H,6,9-14H2,1-2H3,(H,34,35). The maximum atomic E-state index is 15.6. The lowest BCUT2D eigenvalue weighted by molar-refractivity contribution is 0.144. The fraction of sp³-hybridized carbons (Fsp3) is 0.357. The largest absolute Gasteiger partial charge is 0.511 e. The van der Waals surface area contributed by atoms with Crippen molar-refractivity contribution in [3.8, 4) is 17.2 Å². The van der Waals surface area contributed by atoms with Gasteiger partial charge in [0.2, 0.25) is 5.43 Å². The number of nitrogens with zero attached hydrogens (tertiary/aromatic N) is 2. The number of carboxylic acid groups (broad SMARTS) is 1. The second-order valence-electron chi connectivity index (χ2n) is 10.0. The van der Waals surface area contributed by atoms with Crippen molar-refractivity contribution in [2.75, 3.05) is 37.7 Å². The third-order valence-corrected chi connectivity index (χ3v) is 6.89. The van der Waals surface area contributed by atoms with Gasteiger partial charge in [0.1, 0.15) is 22.7 Å². The molecule has 0 amide bonds. The SMILES string of the molecule is CC(C)(CCCOc1ccccc1)C1=Cn2cc(OC(=O)O)c(=O)c3cc(F)c(N4CCNCC4)c(c32)O1. The average Bonchev–Trinajstić information content (AvgIpc) is 2.90. The molecule has 10 heteroatoms. The van der Waals surface area contributed by atoms with Crippen molar-refractivity contribution in [3.05, 3.63) is 64.4 Å². The Morgan fingerprint density at radius 2 is 1.95 bits per heavy atom. The third kappa shape index (κ3) is 5.04. The zero-order valence-corrected chi connectivity index (χ0v) is 21.3. The van der Waals surface area contributed by atoms with Gasteiger partial charge in [0.25, 0.3) is 0 Å². The summed E-state index contributed by atoms with van der Waals surface area (Å²) in [5.41, 5.74) is -0.556. The lowest BCUT2D eigenvalue weighted by Crippen LogP contribution is -2.44. The first-order valence-corrected chi connectivity index (χ1v) is 12.6. The van der Waals surface area contributed by atoms with Crippen molar-refractivity contribution < 1.29 is 28.5 Å². The molecule has 0 unspecified atom stereocenters. The number of anilines is 1. The van der Waals surface area contributed by atoms with Gasteiger partial charge in [-0.3, -0.25) is 4.79 Å². The number of hydrogen-bond acceptors (Lipinski definition) is 7. The van der Waals surface area contributed by atoms with Crippen LogP contribution in [0.15, 0.2) is 53.1 Å². The van der Waals surface area contributed by atoms with Crippen LogP contribution in [0.2, 0.25) is 0 Å². The summed E-state index contributed by atoms with van der Waals surface area (Å²) in [6.07, 6.45) is 2.83. The third-order valence-electron chi connectivity index (χ3n) is 6.89. The van der Waals surface area contributed by atoms with Gasteiger partial charge in [-0.25, -0.2) is 9.18 Å². The van der Waals surface area contributed by atoms with Crippen molar-refractivity contribution in [1.29, 1.82) is 0 Å². The fourth-order valence-electron chi connectivity index (χ4n) is 4.89. The molecule has 3 heterocycles. The normalized spacial score (nSPS) is 15.1. The van der Waals surface area contributed by atoms with E-state index in [-0.39, 0.29) is 16.8 Å². The molecule has 2 aliphatic rings. The monoisotopic (exact) mass is 523 g/mol. The van der Waals surface area contributed by atoms with E-state index in [2.05, 4.69) is 5.32 Å². The van der Waals surface area contributed by atoms with Gasteiger partial charge in [-0.1, -0.05) is 32.0 Å². The molecule has 2 aromatic carbocycles. The van der Waals surface area contributed by atoms with Gasteiger partial charge < -0.3 is 34.1 Å². The van der Waals surface area contributed by atoms with E-state index >= 15 is 4.39 Å². The minimum Gasteiger partial charge on any atom is -0.494 e. The Labute approximate surface area is 219 Å². The number of piperazine rings is 1. The van der Waals surface area contributed by atoms with E-state index in [9.17, 15) is 9.59 Å². The number of para-hydroxylation sites is 1. The quantitative estimate of drug-likeness (QED) is 0.324. The van der Waals surface area contributed by atoms with Crippen molar-refractivity contribution in [2.45, 2.75) is 26.7 Å². The lowest BCUT2D eigenvalue weighted by atomic mass is 9.85. The van der Waals surface area contributed by atoms with E-state index in [4.69, 9.17) is 19.3 Å². The summed E-state index contributed by atoms with van der Waals surface area (Å²) >= 11 is 0. The lowest BCUT2D eigenvalue weighted by Gasteiger charge is -2.35. The molecule has 9 nitrogen and oxygen atoms in total. The van der Waals surface area contributed by atoms with Crippen molar-refractivity contribution in [3.63, 3.8) is 0 Å². The number of rotatable bonds is 8. The van der Waals surface area contributed by atoms with Crippen LogP contribution >= 0.6 is 0 Å². The van der Waals surface area contributed by atoms with Gasteiger partial charge >= 0.3 is 6.16 Å². The first-order chi connectivity index (χ1) is 18.2. The molecule has 0 bridgehead atoms. The summed E-state index contributed by atoms with van der Waals surface area (Å²) in [7, 11) is 0. The molecular formula is C28H30FN3O6. The molecule has 200 valence electrons. The molecule has 3 aromatic rings. The number of allylic oxidation sites excluding steroid dienone is 1. The summed E-state index contributed by atoms with van der Waals surface area (Å²) in [6, 6.07) is 10.7. The summed E-state index contributed by atoms with van der Waals surface area (Å²) in [6.45, 7) is 7.06. The molecule has 0 aliphatic carbocycles. The Kier molecular flexibility index (Phi) is 6.98. The minimum atomic E-state index is -1.62. The summed E-state index contributed by atoms with van der Waals surface area (Å²) < 4.78 is 34.2. The Hall–Kier alpha value is -4.05. The van der Waals surface area contributed by atoms with Gasteiger partial charge in [-0.2, -0.15) is 0 Å². The molecule has 5 rings (SSSR count). The van der Waals surface area contributed by atoms with Crippen LogP contribution in [0.5, 0.6) is 17.2 Å². The van der Waals surface area contributed by atoms with Gasteiger partial charge in [-0.15, -0.1) is 0 Å². The summed E-state index contributed by atoms with van der Waals surface area (Å²) in [4.78, 5) is 26.2. The predicted octanol–water partition coefficient (Wildman–Crippen LogP) is 4.68. The molecule has 2 N–H and O–H groups in total. The molecule has 0 radical (unpaired) electrons. The number of pyridine rings is 1. The number of nitrogens with one attached hydrogen (secondary N) is 1. The molecule has 0 saturated carbocycles. The second kappa shape index (κ2) is 10.4. The molecule has 1 aromatic heterocycles. The Bertz CT molecular complexity index is 1440. The van der Waals surface area contributed by atoms with Gasteiger partial charge in [0.05, 0.1) is 18.2 Å². The number of halogens is 1. The van der Waals surface area contributed by atoms with Crippen molar-refractivity contribution >= 4 is 28.9 Å². The van der Waals surface area contributed by atoms with Gasteiger partial charge in [-0.05, 0) is 31.0 Å². The van der Waals surface area contributed by atoms with Crippen LogP contribution < -0.4 is 29.9 Å².